The van der Waals surface area contributed by atoms with E-state index in [0.29, 0.717) is 17.4 Å². The van der Waals surface area contributed by atoms with Gasteiger partial charge < -0.3 is 4.74 Å². The minimum absolute atomic E-state index is 0.0671. The van der Waals surface area contributed by atoms with Crippen LogP contribution in [0.25, 0.3) is 10.2 Å². The van der Waals surface area contributed by atoms with Gasteiger partial charge in [0.15, 0.2) is 5.13 Å². The van der Waals surface area contributed by atoms with Gasteiger partial charge in [0.2, 0.25) is 0 Å². The molecule has 4 rings (SSSR count). The van der Waals surface area contributed by atoms with E-state index in [0.717, 1.165) is 47.5 Å². The fourth-order valence-corrected chi connectivity index (χ4v) is 4.93. The quantitative estimate of drug-likeness (QED) is 0.539. The minimum Gasteiger partial charge on any atom is -0.379 e. The molecule has 29 heavy (non-hydrogen) atoms. The number of benzene rings is 1. The number of thiazole rings is 1. The highest BCUT2D eigenvalue weighted by molar-refractivity contribution is 9.10. The van der Waals surface area contributed by atoms with Gasteiger partial charge in [-0.05, 0) is 38.1 Å². The van der Waals surface area contributed by atoms with E-state index in [1.807, 2.05) is 32.0 Å². The molecule has 3 aromatic rings. The van der Waals surface area contributed by atoms with Crippen molar-refractivity contribution in [1.82, 2.24) is 19.7 Å². The van der Waals surface area contributed by atoms with Crippen molar-refractivity contribution in [3.8, 4) is 0 Å². The summed E-state index contributed by atoms with van der Waals surface area (Å²) in [6.07, 6.45) is 1.68. The highest BCUT2D eigenvalue weighted by atomic mass is 79.9. The van der Waals surface area contributed by atoms with E-state index < -0.39 is 0 Å². The Balaban J connectivity index is 1.65. The summed E-state index contributed by atoms with van der Waals surface area (Å²) in [5.41, 5.74) is 1.48. The molecular formula is C20H24BrN5O2S. The number of fused-ring (bicyclic) bond motifs is 1. The Bertz CT molecular complexity index is 996. The van der Waals surface area contributed by atoms with Crippen LogP contribution in [-0.2, 0) is 4.74 Å². The number of anilines is 1. The van der Waals surface area contributed by atoms with E-state index in [-0.39, 0.29) is 11.9 Å². The van der Waals surface area contributed by atoms with Crippen LogP contribution in [0.2, 0.25) is 0 Å². The molecule has 0 aliphatic carbocycles. The first-order chi connectivity index (χ1) is 14.0. The van der Waals surface area contributed by atoms with Crippen LogP contribution < -0.4 is 4.90 Å². The number of aromatic nitrogens is 3. The lowest BCUT2D eigenvalue weighted by atomic mass is 10.3. The number of hydrogen-bond donors (Lipinski definition) is 0. The minimum atomic E-state index is -0.0671. The van der Waals surface area contributed by atoms with Gasteiger partial charge in [-0.2, -0.15) is 5.10 Å². The normalized spacial score (nSPS) is 15.3. The molecule has 154 valence electrons. The zero-order valence-electron chi connectivity index (χ0n) is 16.5. The number of ether oxygens (including phenoxy) is 1. The number of nitrogens with zero attached hydrogens (tertiary/aromatic N) is 5. The van der Waals surface area contributed by atoms with E-state index >= 15 is 0 Å². The maximum Gasteiger partial charge on any atom is 0.278 e. The zero-order chi connectivity index (χ0) is 20.4. The second-order valence-corrected chi connectivity index (χ2v) is 9.20. The lowest BCUT2D eigenvalue weighted by Gasteiger charge is -2.29. The van der Waals surface area contributed by atoms with Crippen LogP contribution in [0.15, 0.2) is 34.9 Å². The Labute approximate surface area is 182 Å². The van der Waals surface area contributed by atoms with Crippen molar-refractivity contribution in [2.45, 2.75) is 19.9 Å². The van der Waals surface area contributed by atoms with E-state index in [2.05, 4.69) is 25.9 Å². The van der Waals surface area contributed by atoms with Crippen LogP contribution in [0.5, 0.6) is 0 Å². The van der Waals surface area contributed by atoms with Crippen molar-refractivity contribution in [3.05, 3.63) is 40.6 Å². The van der Waals surface area contributed by atoms with E-state index in [1.165, 1.54) is 11.3 Å². The molecular weight excluding hydrogens is 454 g/mol. The van der Waals surface area contributed by atoms with Gasteiger partial charge in [-0.1, -0.05) is 27.3 Å². The predicted octanol–water partition coefficient (Wildman–Crippen LogP) is 3.82. The lowest BCUT2D eigenvalue weighted by Crippen LogP contribution is -2.43. The van der Waals surface area contributed by atoms with Crippen molar-refractivity contribution in [1.29, 1.82) is 0 Å². The maximum absolute atomic E-state index is 13.5. The molecule has 1 aromatic carbocycles. The van der Waals surface area contributed by atoms with Crippen LogP contribution in [0.3, 0.4) is 0 Å². The van der Waals surface area contributed by atoms with Crippen molar-refractivity contribution < 1.29 is 9.53 Å². The summed E-state index contributed by atoms with van der Waals surface area (Å²) >= 11 is 5.05. The second-order valence-electron chi connectivity index (χ2n) is 7.27. The predicted molar refractivity (Wildman–Crippen MR) is 119 cm³/mol. The van der Waals surface area contributed by atoms with Crippen LogP contribution in [0, 0.1) is 0 Å². The molecule has 0 atom stereocenters. The Morgan fingerprint density at radius 3 is 2.86 bits per heavy atom. The number of morpholine rings is 1. The molecule has 7 nitrogen and oxygen atoms in total. The van der Waals surface area contributed by atoms with Crippen molar-refractivity contribution >= 4 is 48.5 Å². The molecule has 0 radical (unpaired) electrons. The fraction of sp³-hybridized carbons (Fsp3) is 0.450. The van der Waals surface area contributed by atoms with E-state index in [9.17, 15) is 4.79 Å². The smallest absolute Gasteiger partial charge is 0.278 e. The molecule has 1 aliphatic rings. The Morgan fingerprint density at radius 2 is 2.10 bits per heavy atom. The third-order valence-electron chi connectivity index (χ3n) is 4.94. The van der Waals surface area contributed by atoms with Crippen LogP contribution in [-0.4, -0.2) is 65.0 Å². The Morgan fingerprint density at radius 1 is 1.31 bits per heavy atom. The number of carbonyl (C=O) groups is 1. The molecule has 0 spiro atoms. The highest BCUT2D eigenvalue weighted by Crippen LogP contribution is 2.31. The zero-order valence-corrected chi connectivity index (χ0v) is 18.9. The highest BCUT2D eigenvalue weighted by Gasteiger charge is 2.26. The molecule has 1 amide bonds. The van der Waals surface area contributed by atoms with Crippen LogP contribution in [0.4, 0.5) is 5.13 Å². The maximum atomic E-state index is 13.5. The number of hydrogen-bond acceptors (Lipinski definition) is 6. The van der Waals surface area contributed by atoms with Gasteiger partial charge in [0.05, 0.1) is 23.4 Å². The first-order valence-electron chi connectivity index (χ1n) is 9.74. The first kappa shape index (κ1) is 20.5. The van der Waals surface area contributed by atoms with Crippen LogP contribution >= 0.6 is 27.3 Å². The molecule has 0 saturated carbocycles. The van der Waals surface area contributed by atoms with Crippen LogP contribution in [0.1, 0.15) is 30.4 Å². The van der Waals surface area contributed by atoms with Crippen molar-refractivity contribution in [2.75, 3.05) is 44.3 Å². The Kier molecular flexibility index (Phi) is 6.29. The SMILES string of the molecule is CC(C)n1nccc1C(=O)N(CCN1CCOCC1)c1nc2ccc(Br)cc2s1. The van der Waals surface area contributed by atoms with Gasteiger partial charge in [0.25, 0.3) is 5.91 Å². The largest absolute Gasteiger partial charge is 0.379 e. The third-order valence-corrected chi connectivity index (χ3v) is 6.47. The summed E-state index contributed by atoms with van der Waals surface area (Å²) in [5, 5.41) is 5.05. The summed E-state index contributed by atoms with van der Waals surface area (Å²) in [4.78, 5) is 22.4. The summed E-state index contributed by atoms with van der Waals surface area (Å²) in [5.74, 6) is -0.0671. The fourth-order valence-electron chi connectivity index (χ4n) is 3.39. The molecule has 2 aromatic heterocycles. The van der Waals surface area contributed by atoms with Crippen molar-refractivity contribution in [3.63, 3.8) is 0 Å². The topological polar surface area (TPSA) is 63.5 Å². The summed E-state index contributed by atoms with van der Waals surface area (Å²) < 4.78 is 9.27. The Hall–Kier alpha value is -1.81. The summed E-state index contributed by atoms with van der Waals surface area (Å²) in [7, 11) is 0. The molecule has 1 aliphatic heterocycles. The molecule has 0 N–H and O–H groups in total. The number of amides is 1. The number of rotatable bonds is 6. The molecule has 0 unspecified atom stereocenters. The van der Waals surface area contributed by atoms with Gasteiger partial charge >= 0.3 is 0 Å². The average Bonchev–Trinajstić information content (AvgIpc) is 3.35. The third kappa shape index (κ3) is 4.53. The average molecular weight is 478 g/mol. The van der Waals surface area contributed by atoms with Gasteiger partial charge in [-0.25, -0.2) is 4.98 Å². The number of carbonyl (C=O) groups excluding carboxylic acids is 1. The molecule has 1 saturated heterocycles. The first-order valence-corrected chi connectivity index (χ1v) is 11.4. The van der Waals surface area contributed by atoms with Gasteiger partial charge in [0.1, 0.15) is 5.69 Å². The van der Waals surface area contributed by atoms with Crippen molar-refractivity contribution in [2.24, 2.45) is 0 Å². The second kappa shape index (κ2) is 8.91. The monoisotopic (exact) mass is 477 g/mol. The summed E-state index contributed by atoms with van der Waals surface area (Å²) in [6.45, 7) is 8.66. The molecule has 1 fully saturated rings. The lowest BCUT2D eigenvalue weighted by molar-refractivity contribution is 0.0391. The van der Waals surface area contributed by atoms with Gasteiger partial charge in [0, 0.05) is 42.9 Å². The molecule has 3 heterocycles. The van der Waals surface area contributed by atoms with Gasteiger partial charge in [-0.3, -0.25) is 19.3 Å². The summed E-state index contributed by atoms with van der Waals surface area (Å²) in [6, 6.07) is 7.88. The van der Waals surface area contributed by atoms with E-state index in [1.54, 1.807) is 21.8 Å². The van der Waals surface area contributed by atoms with E-state index in [4.69, 9.17) is 9.72 Å². The number of halogens is 1. The van der Waals surface area contributed by atoms with Gasteiger partial charge in [-0.15, -0.1) is 0 Å². The molecule has 0 bridgehead atoms. The molecule has 9 heteroatoms. The standard InChI is InChI=1S/C20H24BrN5O2S/c1-14(2)26-17(5-6-22-26)19(27)25(8-7-24-9-11-28-12-10-24)20-23-16-4-3-15(21)13-18(16)29-20/h3-6,13-14H,7-12H2,1-2H3.